The summed E-state index contributed by atoms with van der Waals surface area (Å²) in [5.41, 5.74) is 4.08. The van der Waals surface area contributed by atoms with Gasteiger partial charge in [0.15, 0.2) is 5.17 Å². The molecule has 0 unspecified atom stereocenters. The van der Waals surface area contributed by atoms with Gasteiger partial charge in [0.25, 0.3) is 5.91 Å². The predicted octanol–water partition coefficient (Wildman–Crippen LogP) is 5.74. The van der Waals surface area contributed by atoms with Gasteiger partial charge in [-0.25, -0.2) is 9.29 Å². The largest absolute Gasteiger partial charge is 0.315 e. The van der Waals surface area contributed by atoms with Crippen molar-refractivity contribution >= 4 is 51.9 Å². The van der Waals surface area contributed by atoms with E-state index >= 15 is 0 Å². The maximum Gasteiger partial charge on any atom is 0.283 e. The zero-order chi connectivity index (χ0) is 23.8. The summed E-state index contributed by atoms with van der Waals surface area (Å²) in [5.74, 6) is -0.0859. The second-order valence-electron chi connectivity index (χ2n) is 7.79. The number of benzene rings is 2. The molecule has 0 saturated heterocycles. The molecule has 3 aromatic rings. The molecule has 0 fully saturated rings. The Bertz CT molecular complexity index is 1410. The first-order valence-electron chi connectivity index (χ1n) is 10.5. The summed E-state index contributed by atoms with van der Waals surface area (Å²) in [6.45, 7) is 3.75. The van der Waals surface area contributed by atoms with Crippen LogP contribution in [0.5, 0.6) is 0 Å². The third-order valence-corrected chi connectivity index (χ3v) is 7.40. The fraction of sp³-hybridized carbons (Fsp3) is 0.120. The number of carbonyl (C=O) groups excluding carboxylic acids is 1. The summed E-state index contributed by atoms with van der Waals surface area (Å²) in [4.78, 5) is 18.6. The number of amidine groups is 3. The molecule has 5 rings (SSSR count). The van der Waals surface area contributed by atoms with Crippen LogP contribution in [0.25, 0.3) is 11.8 Å². The smallest absolute Gasteiger partial charge is 0.283 e. The standard InChI is InChI=1S/C25H20FN5OS2/c1-15-12-18(16(2)30(15)21-11-7-6-10-20(21)26)13-19-22(27)31-24(28-23(19)32)34-29-25(31)33-14-17-8-4-3-5-9-17/h3-13,27H,14H2,1-2H3. The molecule has 3 heterocycles. The zero-order valence-electron chi connectivity index (χ0n) is 18.4. The van der Waals surface area contributed by atoms with Crippen LogP contribution in [0.2, 0.25) is 0 Å². The SMILES string of the molecule is Cc1cc(C=C2C(=N)N3C(SCc4ccccc4)=NSC3=NC2=O)c(C)n1-c1ccccc1F. The van der Waals surface area contributed by atoms with Crippen LogP contribution in [0.15, 0.2) is 75.6 Å². The fourth-order valence-electron chi connectivity index (χ4n) is 3.91. The highest BCUT2D eigenvalue weighted by molar-refractivity contribution is 8.18. The van der Waals surface area contributed by atoms with E-state index in [0.717, 1.165) is 34.5 Å². The van der Waals surface area contributed by atoms with E-state index in [1.165, 1.54) is 17.8 Å². The number of hydrogen-bond acceptors (Lipinski definition) is 5. The van der Waals surface area contributed by atoms with E-state index in [4.69, 9.17) is 5.41 Å². The summed E-state index contributed by atoms with van der Waals surface area (Å²) < 4.78 is 20.7. The van der Waals surface area contributed by atoms with Gasteiger partial charge in [-0.3, -0.25) is 10.2 Å². The lowest BCUT2D eigenvalue weighted by molar-refractivity contribution is -0.114. The van der Waals surface area contributed by atoms with Gasteiger partial charge in [0, 0.05) is 17.1 Å². The number of amides is 1. The molecule has 9 heteroatoms. The molecule has 34 heavy (non-hydrogen) atoms. The zero-order valence-corrected chi connectivity index (χ0v) is 20.1. The van der Waals surface area contributed by atoms with Crippen molar-refractivity contribution in [3.63, 3.8) is 0 Å². The Morgan fingerprint density at radius 2 is 1.85 bits per heavy atom. The van der Waals surface area contributed by atoms with Crippen LogP contribution in [0.4, 0.5) is 4.39 Å². The number of halogens is 1. The highest BCUT2D eigenvalue weighted by Crippen LogP contribution is 2.33. The Morgan fingerprint density at radius 3 is 2.62 bits per heavy atom. The van der Waals surface area contributed by atoms with Gasteiger partial charge in [0.05, 0.1) is 23.2 Å². The molecule has 0 atom stereocenters. The van der Waals surface area contributed by atoms with Crippen LogP contribution in [-0.2, 0) is 10.5 Å². The average Bonchev–Trinajstić information content (AvgIpc) is 3.36. The van der Waals surface area contributed by atoms with Gasteiger partial charge in [-0.1, -0.05) is 54.2 Å². The Kier molecular flexibility index (Phi) is 5.97. The fourth-order valence-corrected chi connectivity index (χ4v) is 5.71. The Labute approximate surface area is 204 Å². The van der Waals surface area contributed by atoms with Gasteiger partial charge in [-0.15, -0.1) is 0 Å². The van der Waals surface area contributed by atoms with Crippen molar-refractivity contribution < 1.29 is 9.18 Å². The van der Waals surface area contributed by atoms with Crippen molar-refractivity contribution in [2.45, 2.75) is 19.6 Å². The number of carbonyl (C=O) groups is 1. The van der Waals surface area contributed by atoms with Crippen LogP contribution in [0.3, 0.4) is 0 Å². The van der Waals surface area contributed by atoms with Crippen LogP contribution in [-0.4, -0.2) is 31.5 Å². The van der Waals surface area contributed by atoms with Crippen LogP contribution >= 0.6 is 23.7 Å². The molecule has 6 nitrogen and oxygen atoms in total. The van der Waals surface area contributed by atoms with Gasteiger partial charge in [0.2, 0.25) is 5.17 Å². The summed E-state index contributed by atoms with van der Waals surface area (Å²) >= 11 is 2.60. The lowest BCUT2D eigenvalue weighted by atomic mass is 10.1. The van der Waals surface area contributed by atoms with Crippen LogP contribution in [0, 0.1) is 25.1 Å². The Morgan fingerprint density at radius 1 is 1.12 bits per heavy atom. The first kappa shape index (κ1) is 22.4. The number of fused-ring (bicyclic) bond motifs is 1. The van der Waals surface area contributed by atoms with Gasteiger partial charge >= 0.3 is 0 Å². The average molecular weight is 490 g/mol. The minimum Gasteiger partial charge on any atom is -0.315 e. The molecule has 170 valence electrons. The Hall–Kier alpha value is -3.43. The number of aryl methyl sites for hydroxylation is 1. The highest BCUT2D eigenvalue weighted by Gasteiger charge is 2.37. The lowest BCUT2D eigenvalue weighted by Gasteiger charge is -2.24. The topological polar surface area (TPSA) is 73.8 Å². The molecule has 2 aliphatic heterocycles. The minimum absolute atomic E-state index is 0.0370. The molecule has 2 aliphatic rings. The van der Waals surface area contributed by atoms with Crippen molar-refractivity contribution in [2.75, 3.05) is 0 Å². The van der Waals surface area contributed by atoms with Gasteiger partial charge in [-0.2, -0.15) is 9.39 Å². The molecule has 1 aromatic heterocycles. The van der Waals surface area contributed by atoms with E-state index in [1.54, 1.807) is 29.2 Å². The predicted molar refractivity (Wildman–Crippen MR) is 138 cm³/mol. The van der Waals surface area contributed by atoms with Crippen molar-refractivity contribution in [1.82, 2.24) is 9.47 Å². The van der Waals surface area contributed by atoms with Crippen molar-refractivity contribution in [3.05, 3.63) is 94.6 Å². The van der Waals surface area contributed by atoms with Crippen LogP contribution in [0.1, 0.15) is 22.5 Å². The van der Waals surface area contributed by atoms with Crippen molar-refractivity contribution in [3.8, 4) is 5.69 Å². The van der Waals surface area contributed by atoms with Crippen molar-refractivity contribution in [2.24, 2.45) is 9.39 Å². The molecular formula is C25H20FN5OS2. The number of nitrogens with zero attached hydrogens (tertiary/aromatic N) is 4. The quantitative estimate of drug-likeness (QED) is 0.374. The third-order valence-electron chi connectivity index (χ3n) is 5.57. The number of aromatic nitrogens is 1. The third kappa shape index (κ3) is 4.01. The molecule has 0 spiro atoms. The van der Waals surface area contributed by atoms with Crippen LogP contribution < -0.4 is 0 Å². The molecule has 0 bridgehead atoms. The van der Waals surface area contributed by atoms with E-state index in [-0.39, 0.29) is 17.2 Å². The Balaban J connectivity index is 1.45. The summed E-state index contributed by atoms with van der Waals surface area (Å²) in [6.07, 6.45) is 1.66. The number of rotatable bonds is 4. The van der Waals surface area contributed by atoms with E-state index in [0.29, 0.717) is 21.8 Å². The highest BCUT2D eigenvalue weighted by atomic mass is 32.2. The van der Waals surface area contributed by atoms with E-state index < -0.39 is 5.91 Å². The van der Waals surface area contributed by atoms with Crippen molar-refractivity contribution in [1.29, 1.82) is 5.41 Å². The minimum atomic E-state index is -0.482. The molecule has 1 N–H and O–H groups in total. The summed E-state index contributed by atoms with van der Waals surface area (Å²) in [7, 11) is 0. The van der Waals surface area contributed by atoms with E-state index in [2.05, 4.69) is 9.39 Å². The van der Waals surface area contributed by atoms with Gasteiger partial charge in [-0.05, 0) is 49.2 Å². The van der Waals surface area contributed by atoms with Gasteiger partial charge in [0.1, 0.15) is 11.7 Å². The number of thioether (sulfide) groups is 1. The second-order valence-corrected chi connectivity index (χ2v) is 9.47. The maximum absolute atomic E-state index is 14.4. The normalized spacial score (nSPS) is 16.7. The molecule has 1 amide bonds. The maximum atomic E-state index is 14.4. The summed E-state index contributed by atoms with van der Waals surface area (Å²) in [5, 5.41) is 9.78. The first-order chi connectivity index (χ1) is 16.4. The molecule has 2 aromatic carbocycles. The molecular weight excluding hydrogens is 469 g/mol. The molecule has 0 saturated carbocycles. The number of hydrogen-bond donors (Lipinski definition) is 1. The number of para-hydroxylation sites is 1. The molecule has 0 aliphatic carbocycles. The number of nitrogens with one attached hydrogen (secondary N) is 1. The second kappa shape index (κ2) is 9.08. The lowest BCUT2D eigenvalue weighted by Crippen LogP contribution is -2.41. The summed E-state index contributed by atoms with van der Waals surface area (Å²) in [6, 6.07) is 18.4. The van der Waals surface area contributed by atoms with E-state index in [9.17, 15) is 9.18 Å². The molecule has 0 radical (unpaired) electrons. The number of aliphatic imine (C=N–C) groups is 1. The monoisotopic (exact) mass is 489 g/mol. The van der Waals surface area contributed by atoms with E-state index in [1.807, 2.05) is 54.8 Å². The first-order valence-corrected chi connectivity index (χ1v) is 12.3. The van der Waals surface area contributed by atoms with Gasteiger partial charge < -0.3 is 4.57 Å².